The van der Waals surface area contributed by atoms with Gasteiger partial charge in [0, 0.05) is 56.2 Å². The maximum atomic E-state index is 3.59. The molecule has 2 aliphatic heterocycles. The molecule has 2 atom stereocenters. The summed E-state index contributed by atoms with van der Waals surface area (Å²) in [5, 5.41) is 10.5. The Labute approximate surface area is 128 Å². The van der Waals surface area contributed by atoms with Gasteiger partial charge >= 0.3 is 0 Å². The third-order valence-corrected chi connectivity index (χ3v) is 4.93. The maximum absolute atomic E-state index is 3.59. The second-order valence-corrected chi connectivity index (χ2v) is 6.60. The van der Waals surface area contributed by atoms with Crippen molar-refractivity contribution in [3.05, 3.63) is 35.2 Å². The zero-order chi connectivity index (χ0) is 14.8. The van der Waals surface area contributed by atoms with Gasteiger partial charge in [0.05, 0.1) is 0 Å². The Kier molecular flexibility index (Phi) is 4.36. The van der Waals surface area contributed by atoms with Gasteiger partial charge in [-0.3, -0.25) is 5.32 Å². The molecular formula is C17H28N4. The number of allylic oxidation sites excluding steroid dienone is 4. The molecule has 2 heterocycles. The Morgan fingerprint density at radius 3 is 2.90 bits per heavy atom. The summed E-state index contributed by atoms with van der Waals surface area (Å²) >= 11 is 0. The summed E-state index contributed by atoms with van der Waals surface area (Å²) in [5.74, 6) is 0.544. The minimum atomic E-state index is 0.497. The van der Waals surface area contributed by atoms with Crippen LogP contribution in [0.5, 0.6) is 0 Å². The van der Waals surface area contributed by atoms with Crippen LogP contribution < -0.4 is 16.0 Å². The Balaban J connectivity index is 1.78. The lowest BCUT2D eigenvalue weighted by Crippen LogP contribution is -2.35. The van der Waals surface area contributed by atoms with Crippen molar-refractivity contribution in [2.24, 2.45) is 5.92 Å². The van der Waals surface area contributed by atoms with E-state index in [1.54, 1.807) is 5.57 Å². The van der Waals surface area contributed by atoms with Crippen LogP contribution in [0.1, 0.15) is 26.7 Å². The van der Waals surface area contributed by atoms with Crippen molar-refractivity contribution in [3.63, 3.8) is 0 Å². The quantitative estimate of drug-likeness (QED) is 0.689. The first-order valence-electron chi connectivity index (χ1n) is 8.17. The molecule has 0 amide bonds. The Morgan fingerprint density at radius 1 is 1.33 bits per heavy atom. The molecule has 3 rings (SSSR count). The maximum Gasteiger partial charge on any atom is 0.0460 e. The molecule has 4 heteroatoms. The lowest BCUT2D eigenvalue weighted by Gasteiger charge is -2.37. The number of rotatable bonds is 3. The van der Waals surface area contributed by atoms with Crippen molar-refractivity contribution in [1.29, 1.82) is 0 Å². The summed E-state index contributed by atoms with van der Waals surface area (Å²) in [6, 6.07) is 1.05. The van der Waals surface area contributed by atoms with Crippen LogP contribution in [0.15, 0.2) is 35.2 Å². The zero-order valence-electron chi connectivity index (χ0n) is 13.4. The van der Waals surface area contributed by atoms with Gasteiger partial charge in [-0.05, 0) is 38.8 Å². The van der Waals surface area contributed by atoms with Crippen LogP contribution in [-0.2, 0) is 0 Å². The molecule has 2 unspecified atom stereocenters. The monoisotopic (exact) mass is 288 g/mol. The van der Waals surface area contributed by atoms with Crippen molar-refractivity contribution in [1.82, 2.24) is 20.9 Å². The number of nitrogens with zero attached hydrogens (tertiary/aromatic N) is 1. The lowest BCUT2D eigenvalue weighted by atomic mass is 9.82. The Morgan fingerprint density at radius 2 is 2.19 bits per heavy atom. The molecule has 2 fully saturated rings. The van der Waals surface area contributed by atoms with Crippen molar-refractivity contribution < 1.29 is 0 Å². The molecular weight excluding hydrogens is 260 g/mol. The smallest absolute Gasteiger partial charge is 0.0460 e. The van der Waals surface area contributed by atoms with Crippen LogP contribution in [0, 0.1) is 5.92 Å². The van der Waals surface area contributed by atoms with E-state index in [1.165, 1.54) is 17.8 Å². The van der Waals surface area contributed by atoms with E-state index in [1.807, 2.05) is 0 Å². The zero-order valence-corrected chi connectivity index (χ0v) is 13.4. The average Bonchev–Trinajstić information content (AvgIpc) is 2.99. The molecule has 0 aromatic carbocycles. The molecule has 0 saturated carbocycles. The molecule has 2 saturated heterocycles. The van der Waals surface area contributed by atoms with Crippen molar-refractivity contribution in [3.8, 4) is 0 Å². The van der Waals surface area contributed by atoms with Crippen molar-refractivity contribution in [2.75, 3.05) is 26.8 Å². The summed E-state index contributed by atoms with van der Waals surface area (Å²) in [4.78, 5) is 2.40. The summed E-state index contributed by atoms with van der Waals surface area (Å²) in [5.41, 5.74) is 4.45. The standard InChI is InChI=1S/C17H28N4/c1-12(2)21(3)15-4-5-17-16(9-15)13(6-7-19-17)8-14-10-18-11-20-14/h4-5,8,12,14,16,18-20H,6-7,9-11H2,1-3H3/b13-8+. The third-order valence-electron chi connectivity index (χ3n) is 4.93. The van der Waals surface area contributed by atoms with Gasteiger partial charge in [0.25, 0.3) is 0 Å². The van der Waals surface area contributed by atoms with Gasteiger partial charge in [-0.2, -0.15) is 0 Å². The van der Waals surface area contributed by atoms with E-state index in [9.17, 15) is 0 Å². The molecule has 3 aliphatic rings. The molecule has 3 N–H and O–H groups in total. The van der Waals surface area contributed by atoms with E-state index in [0.29, 0.717) is 18.0 Å². The highest BCUT2D eigenvalue weighted by molar-refractivity contribution is 5.35. The molecule has 21 heavy (non-hydrogen) atoms. The van der Waals surface area contributed by atoms with E-state index < -0.39 is 0 Å². The van der Waals surface area contributed by atoms with Crippen LogP contribution in [-0.4, -0.2) is 43.8 Å². The predicted octanol–water partition coefficient (Wildman–Crippen LogP) is 1.55. The summed E-state index contributed by atoms with van der Waals surface area (Å²) in [6.07, 6.45) is 9.34. The van der Waals surface area contributed by atoms with Crippen LogP contribution in [0.2, 0.25) is 0 Å². The first kappa shape index (κ1) is 14.7. The van der Waals surface area contributed by atoms with E-state index >= 15 is 0 Å². The first-order chi connectivity index (χ1) is 10.1. The van der Waals surface area contributed by atoms with Gasteiger partial charge in [-0.25, -0.2) is 0 Å². The topological polar surface area (TPSA) is 39.3 Å². The van der Waals surface area contributed by atoms with E-state index in [0.717, 1.165) is 26.2 Å². The van der Waals surface area contributed by atoms with Crippen LogP contribution in [0.25, 0.3) is 0 Å². The molecule has 116 valence electrons. The minimum absolute atomic E-state index is 0.497. The Hall–Kier alpha value is -1.26. The minimum Gasteiger partial charge on any atom is -0.388 e. The molecule has 1 aliphatic carbocycles. The van der Waals surface area contributed by atoms with Gasteiger partial charge in [-0.15, -0.1) is 0 Å². The molecule has 0 spiro atoms. The highest BCUT2D eigenvalue weighted by atomic mass is 15.2. The third kappa shape index (κ3) is 3.16. The number of piperidine rings is 1. The molecule has 0 aromatic heterocycles. The van der Waals surface area contributed by atoms with E-state index in [4.69, 9.17) is 0 Å². The fourth-order valence-corrected chi connectivity index (χ4v) is 3.40. The van der Waals surface area contributed by atoms with Crippen LogP contribution in [0.3, 0.4) is 0 Å². The van der Waals surface area contributed by atoms with Gasteiger partial charge in [-0.1, -0.05) is 11.6 Å². The first-order valence-corrected chi connectivity index (χ1v) is 8.17. The van der Waals surface area contributed by atoms with Crippen LogP contribution in [0.4, 0.5) is 0 Å². The lowest BCUT2D eigenvalue weighted by molar-refractivity contribution is 0.318. The second-order valence-electron chi connectivity index (χ2n) is 6.60. The number of hydrogen-bond donors (Lipinski definition) is 3. The molecule has 4 nitrogen and oxygen atoms in total. The largest absolute Gasteiger partial charge is 0.388 e. The van der Waals surface area contributed by atoms with Gasteiger partial charge < -0.3 is 15.5 Å². The van der Waals surface area contributed by atoms with Gasteiger partial charge in [0.2, 0.25) is 0 Å². The van der Waals surface area contributed by atoms with Crippen molar-refractivity contribution >= 4 is 0 Å². The fraction of sp³-hybridized carbons (Fsp3) is 0.647. The normalized spacial score (nSPS) is 30.8. The number of nitrogens with one attached hydrogen (secondary N) is 3. The fourth-order valence-electron chi connectivity index (χ4n) is 3.40. The summed E-state index contributed by atoms with van der Waals surface area (Å²) < 4.78 is 0. The predicted molar refractivity (Wildman–Crippen MR) is 87.7 cm³/mol. The summed E-state index contributed by atoms with van der Waals surface area (Å²) in [6.45, 7) is 7.56. The average molecular weight is 288 g/mol. The highest BCUT2D eigenvalue weighted by Crippen LogP contribution is 2.35. The van der Waals surface area contributed by atoms with Gasteiger partial charge in [0.15, 0.2) is 0 Å². The Bertz CT molecular complexity index is 469. The second kappa shape index (κ2) is 6.24. The number of hydrogen-bond acceptors (Lipinski definition) is 4. The van der Waals surface area contributed by atoms with Gasteiger partial charge in [0.1, 0.15) is 0 Å². The summed E-state index contributed by atoms with van der Waals surface area (Å²) in [7, 11) is 2.21. The van der Waals surface area contributed by atoms with E-state index in [2.05, 4.69) is 60.0 Å². The highest BCUT2D eigenvalue weighted by Gasteiger charge is 2.28. The molecule has 0 aromatic rings. The molecule has 0 bridgehead atoms. The van der Waals surface area contributed by atoms with E-state index in [-0.39, 0.29) is 0 Å². The molecule has 0 radical (unpaired) electrons. The number of fused-ring (bicyclic) bond motifs is 1. The SMILES string of the molecule is CC(C)N(C)C1=CC=C2NCC/C(=C\C3CNCN3)C2C1. The van der Waals surface area contributed by atoms with Crippen LogP contribution >= 0.6 is 0 Å². The van der Waals surface area contributed by atoms with Crippen molar-refractivity contribution in [2.45, 2.75) is 38.8 Å².